The van der Waals surface area contributed by atoms with Crippen molar-refractivity contribution >= 4 is 33.6 Å². The summed E-state index contributed by atoms with van der Waals surface area (Å²) in [6, 6.07) is 5.21. The molecule has 0 radical (unpaired) electrons. The Hall–Kier alpha value is -1.04. The lowest BCUT2D eigenvalue weighted by Gasteiger charge is -2.07. The van der Waals surface area contributed by atoms with Crippen LogP contribution in [0.25, 0.3) is 11.0 Å². The topological polar surface area (TPSA) is 39.4 Å². The van der Waals surface area contributed by atoms with E-state index < -0.39 is 0 Å². The zero-order valence-corrected chi connectivity index (χ0v) is 10.5. The number of fused-ring (bicyclic) bond motifs is 1. The van der Waals surface area contributed by atoms with Crippen molar-refractivity contribution in [2.75, 3.05) is 7.11 Å². The summed E-state index contributed by atoms with van der Waals surface area (Å²) in [6.45, 7) is 1.87. The molecule has 0 unspecified atom stereocenters. The van der Waals surface area contributed by atoms with E-state index in [-0.39, 0.29) is 5.63 Å². The molecule has 0 atom stereocenters. The molecule has 1 aromatic carbocycles. The molecule has 2 rings (SSSR count). The Balaban J connectivity index is 3.00. The van der Waals surface area contributed by atoms with Crippen LogP contribution in [-0.4, -0.2) is 7.11 Å². The molecule has 0 saturated carbocycles. The van der Waals surface area contributed by atoms with Crippen LogP contribution in [0.3, 0.4) is 0 Å². The first kappa shape index (κ1) is 10.5. The minimum atomic E-state index is -0.328. The van der Waals surface area contributed by atoms with E-state index in [0.29, 0.717) is 5.58 Å². The van der Waals surface area contributed by atoms with Gasteiger partial charge in [0.1, 0.15) is 5.75 Å². The maximum atomic E-state index is 11.2. The van der Waals surface area contributed by atoms with Crippen molar-refractivity contribution in [3.05, 3.63) is 37.8 Å². The van der Waals surface area contributed by atoms with E-state index >= 15 is 0 Å². The van der Waals surface area contributed by atoms with Crippen molar-refractivity contribution in [1.29, 1.82) is 0 Å². The number of halogens is 1. The fraction of sp³-hybridized carbons (Fsp3) is 0.182. The van der Waals surface area contributed by atoms with Crippen molar-refractivity contribution in [3.63, 3.8) is 0 Å². The van der Waals surface area contributed by atoms with Gasteiger partial charge >= 0.3 is 5.63 Å². The highest BCUT2D eigenvalue weighted by Crippen LogP contribution is 2.30. The molecular weight excluding hydrogens is 307 g/mol. The van der Waals surface area contributed by atoms with Gasteiger partial charge in [-0.1, -0.05) is 0 Å². The van der Waals surface area contributed by atoms with Crippen LogP contribution in [0.15, 0.2) is 27.4 Å². The molecule has 4 heteroatoms. The average Bonchev–Trinajstić information content (AvgIpc) is 2.19. The highest BCUT2D eigenvalue weighted by Gasteiger charge is 2.10. The Morgan fingerprint density at radius 1 is 1.40 bits per heavy atom. The second-order valence-corrected chi connectivity index (χ2v) is 4.36. The number of hydrogen-bond acceptors (Lipinski definition) is 3. The summed E-state index contributed by atoms with van der Waals surface area (Å²) >= 11 is 2.14. The van der Waals surface area contributed by atoms with E-state index in [1.54, 1.807) is 7.11 Å². The van der Waals surface area contributed by atoms with Gasteiger partial charge in [-0.2, -0.15) is 0 Å². The van der Waals surface area contributed by atoms with Gasteiger partial charge in [0.25, 0.3) is 0 Å². The van der Waals surface area contributed by atoms with Crippen LogP contribution < -0.4 is 10.4 Å². The number of aryl methyl sites for hydroxylation is 1. The maximum Gasteiger partial charge on any atom is 0.336 e. The number of rotatable bonds is 1. The molecule has 0 aliphatic heterocycles. The number of hydrogen-bond donors (Lipinski definition) is 0. The van der Waals surface area contributed by atoms with Crippen molar-refractivity contribution in [2.45, 2.75) is 6.92 Å². The molecule has 0 fully saturated rings. The Morgan fingerprint density at radius 3 is 2.80 bits per heavy atom. The van der Waals surface area contributed by atoms with Crippen LogP contribution in [0.5, 0.6) is 5.75 Å². The van der Waals surface area contributed by atoms with Crippen LogP contribution in [0, 0.1) is 10.5 Å². The monoisotopic (exact) mass is 316 g/mol. The molecule has 0 saturated heterocycles. The zero-order chi connectivity index (χ0) is 11.0. The van der Waals surface area contributed by atoms with E-state index in [1.165, 1.54) is 6.07 Å². The van der Waals surface area contributed by atoms with E-state index in [0.717, 1.165) is 20.3 Å². The largest absolute Gasteiger partial charge is 0.496 e. The van der Waals surface area contributed by atoms with Gasteiger partial charge in [-0.05, 0) is 47.2 Å². The first-order valence-electron chi connectivity index (χ1n) is 4.40. The third kappa shape index (κ3) is 1.73. The SMILES string of the molecule is COc1ccc(I)c2oc(=O)cc(C)c12. The molecule has 0 N–H and O–H groups in total. The van der Waals surface area contributed by atoms with Crippen molar-refractivity contribution in [2.24, 2.45) is 0 Å². The van der Waals surface area contributed by atoms with Gasteiger partial charge in [-0.3, -0.25) is 0 Å². The molecule has 78 valence electrons. The fourth-order valence-electron chi connectivity index (χ4n) is 1.56. The molecule has 1 aromatic heterocycles. The Kier molecular flexibility index (Phi) is 2.68. The van der Waals surface area contributed by atoms with Crippen LogP contribution in [0.1, 0.15) is 5.56 Å². The van der Waals surface area contributed by atoms with Crippen molar-refractivity contribution < 1.29 is 9.15 Å². The molecule has 3 nitrogen and oxygen atoms in total. The fourth-order valence-corrected chi connectivity index (χ4v) is 2.12. The second-order valence-electron chi connectivity index (χ2n) is 3.20. The normalized spacial score (nSPS) is 10.6. The third-order valence-electron chi connectivity index (χ3n) is 2.22. The first-order chi connectivity index (χ1) is 7.13. The lowest BCUT2D eigenvalue weighted by Crippen LogP contribution is -2.00. The molecule has 0 spiro atoms. The van der Waals surface area contributed by atoms with Crippen molar-refractivity contribution in [3.8, 4) is 5.75 Å². The quantitative estimate of drug-likeness (QED) is 0.600. The second kappa shape index (κ2) is 3.84. The number of methoxy groups -OCH3 is 1. The molecule has 0 bridgehead atoms. The highest BCUT2D eigenvalue weighted by atomic mass is 127. The predicted molar refractivity (Wildman–Crippen MR) is 66.5 cm³/mol. The molecular formula is C11H9IO3. The highest BCUT2D eigenvalue weighted by molar-refractivity contribution is 14.1. The maximum absolute atomic E-state index is 11.2. The smallest absolute Gasteiger partial charge is 0.336 e. The van der Waals surface area contributed by atoms with E-state index in [9.17, 15) is 4.79 Å². The van der Waals surface area contributed by atoms with Gasteiger partial charge in [0.15, 0.2) is 5.58 Å². The minimum absolute atomic E-state index is 0.328. The lowest BCUT2D eigenvalue weighted by molar-refractivity contribution is 0.418. The van der Waals surface area contributed by atoms with Crippen LogP contribution in [-0.2, 0) is 0 Å². The summed E-state index contributed by atoms with van der Waals surface area (Å²) in [7, 11) is 1.60. The summed E-state index contributed by atoms with van der Waals surface area (Å²) in [5.74, 6) is 0.728. The summed E-state index contributed by atoms with van der Waals surface area (Å²) in [5.41, 5.74) is 1.14. The Labute approximate surface area is 100 Å². The lowest BCUT2D eigenvalue weighted by atomic mass is 10.1. The van der Waals surface area contributed by atoms with Gasteiger partial charge < -0.3 is 9.15 Å². The van der Waals surface area contributed by atoms with Gasteiger partial charge in [0.2, 0.25) is 0 Å². The van der Waals surface area contributed by atoms with Crippen molar-refractivity contribution in [1.82, 2.24) is 0 Å². The molecule has 0 aliphatic rings. The van der Waals surface area contributed by atoms with E-state index in [4.69, 9.17) is 9.15 Å². The average molecular weight is 316 g/mol. The number of benzene rings is 1. The predicted octanol–water partition coefficient (Wildman–Crippen LogP) is 2.71. The van der Waals surface area contributed by atoms with Gasteiger partial charge in [-0.15, -0.1) is 0 Å². The zero-order valence-electron chi connectivity index (χ0n) is 8.33. The summed E-state index contributed by atoms with van der Waals surface area (Å²) in [4.78, 5) is 11.2. The molecule has 0 aliphatic carbocycles. The van der Waals surface area contributed by atoms with Gasteiger partial charge in [0, 0.05) is 6.07 Å². The third-order valence-corrected chi connectivity index (χ3v) is 3.07. The van der Waals surface area contributed by atoms with Crippen LogP contribution in [0.2, 0.25) is 0 Å². The first-order valence-corrected chi connectivity index (χ1v) is 5.48. The molecule has 2 aromatic rings. The summed E-state index contributed by atoms with van der Waals surface area (Å²) < 4.78 is 11.3. The standard InChI is InChI=1S/C11H9IO3/c1-6-5-9(13)15-11-7(12)3-4-8(14-2)10(6)11/h3-5H,1-2H3. The Bertz CT molecular complexity index is 572. The minimum Gasteiger partial charge on any atom is -0.496 e. The van der Waals surface area contributed by atoms with Gasteiger partial charge in [-0.25, -0.2) is 4.79 Å². The van der Waals surface area contributed by atoms with E-state index in [2.05, 4.69) is 22.6 Å². The summed E-state index contributed by atoms with van der Waals surface area (Å²) in [5, 5.41) is 0.865. The van der Waals surface area contributed by atoms with Crippen LogP contribution >= 0.6 is 22.6 Å². The van der Waals surface area contributed by atoms with Gasteiger partial charge in [0.05, 0.1) is 16.1 Å². The molecule has 0 amide bonds. The summed E-state index contributed by atoms with van der Waals surface area (Å²) in [6.07, 6.45) is 0. The molecule has 15 heavy (non-hydrogen) atoms. The molecule has 1 heterocycles. The van der Waals surface area contributed by atoms with E-state index in [1.807, 2.05) is 19.1 Å². The number of ether oxygens (including phenoxy) is 1. The van der Waals surface area contributed by atoms with Crippen LogP contribution in [0.4, 0.5) is 0 Å². The Morgan fingerprint density at radius 2 is 2.13 bits per heavy atom.